The van der Waals surface area contributed by atoms with Gasteiger partial charge in [-0.05, 0) is 65.2 Å². The number of ether oxygens (including phenoxy) is 1. The summed E-state index contributed by atoms with van der Waals surface area (Å²) in [6, 6.07) is 6.80. The highest BCUT2D eigenvalue weighted by Gasteiger charge is 2.20. The van der Waals surface area contributed by atoms with Crippen molar-refractivity contribution < 1.29 is 4.74 Å². The van der Waals surface area contributed by atoms with Gasteiger partial charge in [0.1, 0.15) is 5.75 Å². The molecule has 88 valence electrons. The molecule has 1 aromatic carbocycles. The molecular weight excluding hydrogens is 266 g/mol. The van der Waals surface area contributed by atoms with Crippen LogP contribution in [0.3, 0.4) is 0 Å². The summed E-state index contributed by atoms with van der Waals surface area (Å²) in [7, 11) is 1.69. The number of benzene rings is 1. The molecule has 0 aromatic heterocycles. The number of hydrogen-bond donors (Lipinski definition) is 1. The SMILES string of the molecule is COc1ccc(C2CCC(N)CC2)cc1Br. The standard InChI is InChI=1S/C13H18BrNO/c1-16-13-7-4-10(8-12(13)14)9-2-5-11(15)6-3-9/h4,7-9,11H,2-3,5-6,15H2,1H3. The fraction of sp³-hybridized carbons (Fsp3) is 0.538. The van der Waals surface area contributed by atoms with E-state index in [-0.39, 0.29) is 0 Å². The molecule has 2 rings (SSSR count). The lowest BCUT2D eigenvalue weighted by Crippen LogP contribution is -2.25. The van der Waals surface area contributed by atoms with E-state index in [1.807, 2.05) is 6.07 Å². The van der Waals surface area contributed by atoms with Crippen LogP contribution in [-0.4, -0.2) is 13.2 Å². The second-order valence-corrected chi connectivity index (χ2v) is 5.36. The molecule has 0 heterocycles. The van der Waals surface area contributed by atoms with E-state index in [2.05, 4.69) is 28.1 Å². The average Bonchev–Trinajstić information content (AvgIpc) is 2.30. The molecule has 0 amide bonds. The summed E-state index contributed by atoms with van der Waals surface area (Å²) in [5, 5.41) is 0. The third-order valence-corrected chi connectivity index (χ3v) is 4.04. The van der Waals surface area contributed by atoms with Crippen LogP contribution in [0, 0.1) is 0 Å². The third-order valence-electron chi connectivity index (χ3n) is 3.42. The minimum absolute atomic E-state index is 0.415. The molecule has 0 radical (unpaired) electrons. The monoisotopic (exact) mass is 283 g/mol. The van der Waals surface area contributed by atoms with E-state index >= 15 is 0 Å². The topological polar surface area (TPSA) is 35.2 Å². The average molecular weight is 284 g/mol. The van der Waals surface area contributed by atoms with Crippen molar-refractivity contribution in [3.63, 3.8) is 0 Å². The molecule has 0 atom stereocenters. The predicted molar refractivity (Wildman–Crippen MR) is 69.9 cm³/mol. The molecule has 0 unspecified atom stereocenters. The summed E-state index contributed by atoms with van der Waals surface area (Å²) in [6.07, 6.45) is 4.71. The molecule has 1 aliphatic rings. The van der Waals surface area contributed by atoms with E-state index in [0.29, 0.717) is 12.0 Å². The number of rotatable bonds is 2. The molecular formula is C13H18BrNO. The van der Waals surface area contributed by atoms with Crippen LogP contribution in [0.2, 0.25) is 0 Å². The summed E-state index contributed by atoms with van der Waals surface area (Å²) in [5.74, 6) is 1.57. The lowest BCUT2D eigenvalue weighted by molar-refractivity contribution is 0.393. The summed E-state index contributed by atoms with van der Waals surface area (Å²) in [6.45, 7) is 0. The molecule has 0 aliphatic heterocycles. The van der Waals surface area contributed by atoms with Gasteiger partial charge in [0, 0.05) is 6.04 Å². The molecule has 0 bridgehead atoms. The Morgan fingerprint density at radius 3 is 2.50 bits per heavy atom. The van der Waals surface area contributed by atoms with Gasteiger partial charge in [-0.15, -0.1) is 0 Å². The normalized spacial score (nSPS) is 25.4. The molecule has 0 saturated heterocycles. The maximum atomic E-state index is 5.92. The van der Waals surface area contributed by atoms with Gasteiger partial charge in [-0.25, -0.2) is 0 Å². The largest absolute Gasteiger partial charge is 0.496 e. The van der Waals surface area contributed by atoms with Gasteiger partial charge in [0.15, 0.2) is 0 Å². The van der Waals surface area contributed by atoms with Gasteiger partial charge in [-0.3, -0.25) is 0 Å². The first kappa shape index (κ1) is 11.9. The highest BCUT2D eigenvalue weighted by Crippen LogP contribution is 2.35. The highest BCUT2D eigenvalue weighted by atomic mass is 79.9. The molecule has 2 N–H and O–H groups in total. The molecule has 3 heteroatoms. The molecule has 1 saturated carbocycles. The second kappa shape index (κ2) is 5.19. The van der Waals surface area contributed by atoms with E-state index in [1.165, 1.54) is 18.4 Å². The number of hydrogen-bond acceptors (Lipinski definition) is 2. The Kier molecular flexibility index (Phi) is 3.87. The van der Waals surface area contributed by atoms with Crippen molar-refractivity contribution >= 4 is 15.9 Å². The quantitative estimate of drug-likeness (QED) is 0.902. The molecule has 1 fully saturated rings. The third kappa shape index (κ3) is 2.58. The van der Waals surface area contributed by atoms with Crippen molar-refractivity contribution in [1.29, 1.82) is 0 Å². The van der Waals surface area contributed by atoms with Crippen molar-refractivity contribution in [3.05, 3.63) is 28.2 Å². The van der Waals surface area contributed by atoms with Crippen LogP contribution >= 0.6 is 15.9 Å². The van der Waals surface area contributed by atoms with E-state index in [4.69, 9.17) is 10.5 Å². The Labute approximate surface area is 105 Å². The maximum Gasteiger partial charge on any atom is 0.133 e. The fourth-order valence-corrected chi connectivity index (χ4v) is 2.95. The minimum Gasteiger partial charge on any atom is -0.496 e. The predicted octanol–water partition coefficient (Wildman–Crippen LogP) is 3.44. The van der Waals surface area contributed by atoms with Gasteiger partial charge in [-0.2, -0.15) is 0 Å². The Bertz CT molecular complexity index is 359. The van der Waals surface area contributed by atoms with Gasteiger partial charge >= 0.3 is 0 Å². The van der Waals surface area contributed by atoms with Crippen molar-refractivity contribution in [3.8, 4) is 5.75 Å². The van der Waals surface area contributed by atoms with Gasteiger partial charge in [-0.1, -0.05) is 6.07 Å². The van der Waals surface area contributed by atoms with Crippen molar-refractivity contribution in [1.82, 2.24) is 0 Å². The number of methoxy groups -OCH3 is 1. The first-order chi connectivity index (χ1) is 7.70. The van der Waals surface area contributed by atoms with E-state index in [1.54, 1.807) is 7.11 Å². The van der Waals surface area contributed by atoms with Crippen LogP contribution in [-0.2, 0) is 0 Å². The van der Waals surface area contributed by atoms with Crippen LogP contribution in [0.4, 0.5) is 0 Å². The van der Waals surface area contributed by atoms with E-state index in [0.717, 1.165) is 23.1 Å². The zero-order valence-electron chi connectivity index (χ0n) is 9.58. The van der Waals surface area contributed by atoms with Crippen molar-refractivity contribution in [2.45, 2.75) is 37.6 Å². The second-order valence-electron chi connectivity index (χ2n) is 4.51. The maximum absolute atomic E-state index is 5.92. The van der Waals surface area contributed by atoms with Gasteiger partial charge < -0.3 is 10.5 Å². The fourth-order valence-electron chi connectivity index (χ4n) is 2.39. The van der Waals surface area contributed by atoms with E-state index < -0.39 is 0 Å². The summed E-state index contributed by atoms with van der Waals surface area (Å²) in [4.78, 5) is 0. The van der Waals surface area contributed by atoms with Crippen LogP contribution in [0.1, 0.15) is 37.2 Å². The zero-order chi connectivity index (χ0) is 11.5. The molecule has 16 heavy (non-hydrogen) atoms. The molecule has 1 aromatic rings. The van der Waals surface area contributed by atoms with Gasteiger partial charge in [0.05, 0.1) is 11.6 Å². The van der Waals surface area contributed by atoms with Gasteiger partial charge in [0.2, 0.25) is 0 Å². The summed E-state index contributed by atoms with van der Waals surface area (Å²) >= 11 is 3.54. The Balaban J connectivity index is 2.12. The smallest absolute Gasteiger partial charge is 0.133 e. The highest BCUT2D eigenvalue weighted by molar-refractivity contribution is 9.10. The number of nitrogens with two attached hydrogens (primary N) is 1. The van der Waals surface area contributed by atoms with Crippen molar-refractivity contribution in [2.75, 3.05) is 7.11 Å². The molecule has 2 nitrogen and oxygen atoms in total. The zero-order valence-corrected chi connectivity index (χ0v) is 11.2. The Hall–Kier alpha value is -0.540. The van der Waals surface area contributed by atoms with Crippen LogP contribution in [0.15, 0.2) is 22.7 Å². The van der Waals surface area contributed by atoms with Crippen LogP contribution in [0.25, 0.3) is 0 Å². The van der Waals surface area contributed by atoms with Crippen LogP contribution in [0.5, 0.6) is 5.75 Å². The lowest BCUT2D eigenvalue weighted by atomic mass is 9.82. The molecule has 1 aliphatic carbocycles. The summed E-state index contributed by atoms with van der Waals surface area (Å²) in [5.41, 5.74) is 7.32. The lowest BCUT2D eigenvalue weighted by Gasteiger charge is -2.26. The first-order valence-electron chi connectivity index (χ1n) is 5.79. The van der Waals surface area contributed by atoms with E-state index in [9.17, 15) is 0 Å². The number of halogens is 1. The van der Waals surface area contributed by atoms with Gasteiger partial charge in [0.25, 0.3) is 0 Å². The Morgan fingerprint density at radius 1 is 1.25 bits per heavy atom. The van der Waals surface area contributed by atoms with Crippen LogP contribution < -0.4 is 10.5 Å². The first-order valence-corrected chi connectivity index (χ1v) is 6.59. The van der Waals surface area contributed by atoms with Crippen molar-refractivity contribution in [2.24, 2.45) is 5.73 Å². The Morgan fingerprint density at radius 2 is 1.94 bits per heavy atom. The minimum atomic E-state index is 0.415. The molecule has 0 spiro atoms. The summed E-state index contributed by atoms with van der Waals surface area (Å²) < 4.78 is 6.28.